The summed E-state index contributed by atoms with van der Waals surface area (Å²) in [5, 5.41) is 3.38. The van der Waals surface area contributed by atoms with Gasteiger partial charge in [-0.1, -0.05) is 6.07 Å². The van der Waals surface area contributed by atoms with Crippen LogP contribution in [0.4, 0.5) is 10.5 Å². The van der Waals surface area contributed by atoms with Gasteiger partial charge in [-0.2, -0.15) is 0 Å². The lowest BCUT2D eigenvalue weighted by Crippen LogP contribution is -2.42. The lowest BCUT2D eigenvalue weighted by molar-refractivity contribution is -0.00495. The van der Waals surface area contributed by atoms with Gasteiger partial charge in [0.05, 0.1) is 22.9 Å². The molecule has 0 bridgehead atoms. The van der Waals surface area contributed by atoms with Gasteiger partial charge in [-0.25, -0.2) is 4.79 Å². The Hall–Kier alpha value is -3.42. The number of fused-ring (bicyclic) bond motifs is 1. The molecule has 8 heteroatoms. The summed E-state index contributed by atoms with van der Waals surface area (Å²) in [6.07, 6.45) is 7.68. The maximum Gasteiger partial charge on any atom is 0.413 e. The van der Waals surface area contributed by atoms with Crippen molar-refractivity contribution in [3.05, 3.63) is 54.6 Å². The first-order valence-electron chi connectivity index (χ1n) is 10.4. The number of hydrogen-bond donors (Lipinski definition) is 1. The largest absolute Gasteiger partial charge is 0.468 e. The first-order chi connectivity index (χ1) is 14.9. The van der Waals surface area contributed by atoms with Crippen LogP contribution in [0.3, 0.4) is 0 Å². The zero-order valence-corrected chi connectivity index (χ0v) is 18.0. The Morgan fingerprint density at radius 2 is 1.97 bits per heavy atom. The standard InChI is InChI=1S/C23H27N5O3/c1-23(2,3)31-22(29)28-12-4-5-21(28)30-20-8-9-24-15-19(20)27-14-16-6-7-17-18(13-16)26-11-10-25-17/h6-11,13,15,21,27H,4-5,12,14H2,1-3H3. The van der Waals surface area contributed by atoms with Gasteiger partial charge in [0.25, 0.3) is 0 Å². The van der Waals surface area contributed by atoms with E-state index in [0.717, 1.165) is 35.1 Å². The van der Waals surface area contributed by atoms with Crippen LogP contribution >= 0.6 is 0 Å². The number of rotatable bonds is 5. The third-order valence-corrected chi connectivity index (χ3v) is 4.89. The van der Waals surface area contributed by atoms with Crippen molar-refractivity contribution in [2.24, 2.45) is 0 Å². The Balaban J connectivity index is 1.44. The van der Waals surface area contributed by atoms with Crippen LogP contribution in [0.1, 0.15) is 39.2 Å². The Kier molecular flexibility index (Phi) is 5.88. The van der Waals surface area contributed by atoms with E-state index in [1.807, 2.05) is 39.0 Å². The minimum absolute atomic E-state index is 0.351. The molecule has 3 heterocycles. The fraction of sp³-hybridized carbons (Fsp3) is 0.391. The zero-order chi connectivity index (χ0) is 21.8. The molecule has 1 aliphatic heterocycles. The first kappa shape index (κ1) is 20.8. The molecule has 1 unspecified atom stereocenters. The van der Waals surface area contributed by atoms with Crippen molar-refractivity contribution in [2.45, 2.75) is 52.0 Å². The summed E-state index contributed by atoms with van der Waals surface area (Å²) in [6.45, 7) is 6.78. The number of amides is 1. The van der Waals surface area contributed by atoms with Crippen LogP contribution < -0.4 is 10.1 Å². The van der Waals surface area contributed by atoms with Crippen LogP contribution in [0, 0.1) is 0 Å². The van der Waals surface area contributed by atoms with Crippen LogP contribution in [0.2, 0.25) is 0 Å². The fourth-order valence-corrected chi connectivity index (χ4v) is 3.47. The third-order valence-electron chi connectivity index (χ3n) is 4.89. The number of ether oxygens (including phenoxy) is 2. The van der Waals surface area contributed by atoms with E-state index in [1.165, 1.54) is 0 Å². The summed E-state index contributed by atoms with van der Waals surface area (Å²) in [5.41, 5.74) is 3.00. The van der Waals surface area contributed by atoms with Crippen LogP contribution in [0.15, 0.2) is 49.1 Å². The van der Waals surface area contributed by atoms with Crippen molar-refractivity contribution >= 4 is 22.8 Å². The van der Waals surface area contributed by atoms with Gasteiger partial charge in [0.1, 0.15) is 11.4 Å². The van der Waals surface area contributed by atoms with E-state index in [9.17, 15) is 4.79 Å². The van der Waals surface area contributed by atoms with Crippen molar-refractivity contribution in [1.29, 1.82) is 0 Å². The lowest BCUT2D eigenvalue weighted by atomic mass is 10.2. The van der Waals surface area contributed by atoms with E-state index < -0.39 is 5.60 Å². The van der Waals surface area contributed by atoms with Gasteiger partial charge in [-0.15, -0.1) is 0 Å². The van der Waals surface area contributed by atoms with Gasteiger partial charge >= 0.3 is 6.09 Å². The molecule has 3 aromatic rings. The number of aromatic nitrogens is 3. The van der Waals surface area contributed by atoms with Crippen molar-refractivity contribution in [3.63, 3.8) is 0 Å². The Bertz CT molecular complexity index is 1070. The highest BCUT2D eigenvalue weighted by atomic mass is 16.6. The predicted molar refractivity (Wildman–Crippen MR) is 118 cm³/mol. The molecule has 1 saturated heterocycles. The smallest absolute Gasteiger partial charge is 0.413 e. The minimum Gasteiger partial charge on any atom is -0.468 e. The van der Waals surface area contributed by atoms with Gasteiger partial charge < -0.3 is 14.8 Å². The number of hydrogen-bond acceptors (Lipinski definition) is 7. The molecule has 1 fully saturated rings. The highest BCUT2D eigenvalue weighted by Crippen LogP contribution is 2.29. The van der Waals surface area contributed by atoms with Crippen LogP contribution in [0.5, 0.6) is 5.75 Å². The molecule has 1 aliphatic rings. The van der Waals surface area contributed by atoms with E-state index >= 15 is 0 Å². The summed E-state index contributed by atoms with van der Waals surface area (Å²) in [4.78, 5) is 27.1. The van der Waals surface area contributed by atoms with Gasteiger partial charge in [0, 0.05) is 44.2 Å². The summed E-state index contributed by atoms with van der Waals surface area (Å²) < 4.78 is 11.7. The lowest BCUT2D eigenvalue weighted by Gasteiger charge is -2.29. The first-order valence-corrected chi connectivity index (χ1v) is 10.4. The van der Waals surface area contributed by atoms with E-state index in [4.69, 9.17) is 9.47 Å². The van der Waals surface area contributed by atoms with Gasteiger partial charge in [0.2, 0.25) is 0 Å². The quantitative estimate of drug-likeness (QED) is 0.654. The summed E-state index contributed by atoms with van der Waals surface area (Å²) in [6, 6.07) is 7.78. The average Bonchev–Trinajstić information content (AvgIpc) is 3.20. The second kappa shape index (κ2) is 8.75. The molecular weight excluding hydrogens is 394 g/mol. The molecule has 4 rings (SSSR count). The van der Waals surface area contributed by atoms with Crippen LogP contribution in [-0.4, -0.2) is 44.3 Å². The molecule has 1 amide bonds. The van der Waals surface area contributed by atoms with Gasteiger partial charge in [-0.3, -0.25) is 19.9 Å². The molecule has 2 aromatic heterocycles. The predicted octanol–water partition coefficient (Wildman–Crippen LogP) is 4.37. The van der Waals surface area contributed by atoms with E-state index in [2.05, 4.69) is 20.3 Å². The maximum absolute atomic E-state index is 12.5. The second-order valence-corrected chi connectivity index (χ2v) is 8.49. The highest BCUT2D eigenvalue weighted by Gasteiger charge is 2.34. The number of likely N-dealkylation sites (tertiary alicyclic amines) is 1. The maximum atomic E-state index is 12.5. The third kappa shape index (κ3) is 5.20. The number of benzene rings is 1. The minimum atomic E-state index is -0.544. The molecule has 8 nitrogen and oxygen atoms in total. The van der Waals surface area contributed by atoms with Crippen molar-refractivity contribution in [1.82, 2.24) is 19.9 Å². The van der Waals surface area contributed by atoms with Crippen molar-refractivity contribution in [3.8, 4) is 5.75 Å². The number of nitrogens with one attached hydrogen (secondary N) is 1. The molecule has 162 valence electrons. The topological polar surface area (TPSA) is 89.5 Å². The van der Waals surface area contributed by atoms with Gasteiger partial charge in [0.15, 0.2) is 6.23 Å². The molecule has 0 saturated carbocycles. The van der Waals surface area contributed by atoms with E-state index in [1.54, 1.807) is 35.8 Å². The Morgan fingerprint density at radius 1 is 1.16 bits per heavy atom. The van der Waals surface area contributed by atoms with Gasteiger partial charge in [-0.05, 0) is 44.9 Å². The van der Waals surface area contributed by atoms with E-state index in [-0.39, 0.29) is 12.3 Å². The van der Waals surface area contributed by atoms with Crippen LogP contribution in [0.25, 0.3) is 11.0 Å². The number of nitrogens with zero attached hydrogens (tertiary/aromatic N) is 4. The molecule has 0 radical (unpaired) electrons. The van der Waals surface area contributed by atoms with Crippen molar-refractivity contribution in [2.75, 3.05) is 11.9 Å². The number of pyridine rings is 1. The average molecular weight is 422 g/mol. The fourth-order valence-electron chi connectivity index (χ4n) is 3.47. The zero-order valence-electron chi connectivity index (χ0n) is 18.0. The summed E-state index contributed by atoms with van der Waals surface area (Å²) in [5.74, 6) is 0.649. The molecule has 0 aliphatic carbocycles. The monoisotopic (exact) mass is 421 g/mol. The molecule has 31 heavy (non-hydrogen) atoms. The summed E-state index contributed by atoms with van der Waals surface area (Å²) in [7, 11) is 0. The molecule has 0 spiro atoms. The number of carbonyl (C=O) groups is 1. The molecular formula is C23H27N5O3. The normalized spacial score (nSPS) is 16.4. The second-order valence-electron chi connectivity index (χ2n) is 8.49. The molecule has 1 atom stereocenters. The number of anilines is 1. The summed E-state index contributed by atoms with van der Waals surface area (Å²) >= 11 is 0. The molecule has 1 aromatic carbocycles. The Morgan fingerprint density at radius 3 is 2.77 bits per heavy atom. The SMILES string of the molecule is CC(C)(C)OC(=O)N1CCCC1Oc1ccncc1NCc1ccc2nccnc2c1. The van der Waals surface area contributed by atoms with Crippen molar-refractivity contribution < 1.29 is 14.3 Å². The Labute approximate surface area is 181 Å². The van der Waals surface area contributed by atoms with Crippen LogP contribution in [-0.2, 0) is 11.3 Å². The van der Waals surface area contributed by atoms with E-state index in [0.29, 0.717) is 18.8 Å². The number of carbonyl (C=O) groups excluding carboxylic acids is 1. The highest BCUT2D eigenvalue weighted by molar-refractivity contribution is 5.74. The molecule has 1 N–H and O–H groups in total.